The molecule has 7 nitrogen and oxygen atoms in total. The number of halogens is 2. The molecule has 0 unspecified atom stereocenters. The Morgan fingerprint density at radius 1 is 1.23 bits per heavy atom. The summed E-state index contributed by atoms with van der Waals surface area (Å²) >= 11 is 0. The summed E-state index contributed by atoms with van der Waals surface area (Å²) in [6, 6.07) is 3.20. The molecule has 2 aromatic rings. The Labute approximate surface area is 174 Å². The third kappa shape index (κ3) is 5.02. The third-order valence-electron chi connectivity index (χ3n) is 5.26. The first kappa shape index (κ1) is 21.9. The fourth-order valence-electron chi connectivity index (χ4n) is 3.59. The standard InChI is InChI=1S/C21H27F2N5O2/c1-26(2)11-8-24-20(29)14-6-9-28(10-7-14)21(30)17-13-27(3)25-19(17)16-5-4-15(22)12-18(16)23/h4-5,12-14H,6-11H2,1-3H3,(H,24,29). The number of rotatable bonds is 6. The monoisotopic (exact) mass is 419 g/mol. The first-order valence-corrected chi connectivity index (χ1v) is 9.97. The van der Waals surface area contributed by atoms with Crippen LogP contribution < -0.4 is 5.32 Å². The third-order valence-corrected chi connectivity index (χ3v) is 5.26. The van der Waals surface area contributed by atoms with Crippen molar-refractivity contribution in [1.29, 1.82) is 0 Å². The number of nitrogens with zero attached hydrogens (tertiary/aromatic N) is 4. The van der Waals surface area contributed by atoms with Crippen LogP contribution in [-0.4, -0.2) is 71.7 Å². The van der Waals surface area contributed by atoms with Crippen molar-refractivity contribution >= 4 is 11.8 Å². The van der Waals surface area contributed by atoms with Gasteiger partial charge in [-0.05, 0) is 39.1 Å². The average Bonchev–Trinajstić information content (AvgIpc) is 3.08. The van der Waals surface area contributed by atoms with Crippen molar-refractivity contribution in [2.45, 2.75) is 12.8 Å². The SMILES string of the molecule is CN(C)CCNC(=O)C1CCN(C(=O)c2cn(C)nc2-c2ccc(F)cc2F)CC1. The van der Waals surface area contributed by atoms with E-state index in [4.69, 9.17) is 0 Å². The molecule has 0 saturated carbocycles. The topological polar surface area (TPSA) is 70.5 Å². The van der Waals surface area contributed by atoms with E-state index >= 15 is 0 Å². The number of hydrogen-bond acceptors (Lipinski definition) is 4. The number of likely N-dealkylation sites (N-methyl/N-ethyl adjacent to an activating group) is 1. The van der Waals surface area contributed by atoms with Gasteiger partial charge in [0.25, 0.3) is 5.91 Å². The second-order valence-corrected chi connectivity index (χ2v) is 7.85. The second kappa shape index (κ2) is 9.34. The van der Waals surface area contributed by atoms with Gasteiger partial charge in [0.1, 0.15) is 17.3 Å². The quantitative estimate of drug-likeness (QED) is 0.777. The Hall–Kier alpha value is -2.81. The van der Waals surface area contributed by atoms with E-state index in [1.54, 1.807) is 18.1 Å². The van der Waals surface area contributed by atoms with Crippen molar-refractivity contribution in [2.24, 2.45) is 13.0 Å². The van der Waals surface area contributed by atoms with E-state index in [1.807, 2.05) is 19.0 Å². The number of likely N-dealkylation sites (tertiary alicyclic amines) is 1. The molecular formula is C21H27F2N5O2. The van der Waals surface area contributed by atoms with Gasteiger partial charge in [0.05, 0.1) is 5.56 Å². The van der Waals surface area contributed by atoms with Crippen LogP contribution in [-0.2, 0) is 11.8 Å². The van der Waals surface area contributed by atoms with Crippen LogP contribution in [0.3, 0.4) is 0 Å². The maximum Gasteiger partial charge on any atom is 0.257 e. The Morgan fingerprint density at radius 3 is 2.57 bits per heavy atom. The van der Waals surface area contributed by atoms with Crippen LogP contribution in [0.5, 0.6) is 0 Å². The predicted molar refractivity (Wildman–Crippen MR) is 109 cm³/mol. The van der Waals surface area contributed by atoms with Gasteiger partial charge in [-0.15, -0.1) is 0 Å². The fraction of sp³-hybridized carbons (Fsp3) is 0.476. The number of benzene rings is 1. The Kier molecular flexibility index (Phi) is 6.81. The van der Waals surface area contributed by atoms with Gasteiger partial charge < -0.3 is 15.1 Å². The number of aryl methyl sites for hydroxylation is 1. The summed E-state index contributed by atoms with van der Waals surface area (Å²) in [5.74, 6) is -1.84. The van der Waals surface area contributed by atoms with E-state index in [2.05, 4.69) is 10.4 Å². The van der Waals surface area contributed by atoms with E-state index in [0.29, 0.717) is 32.5 Å². The fourth-order valence-corrected chi connectivity index (χ4v) is 3.59. The van der Waals surface area contributed by atoms with Gasteiger partial charge in [0, 0.05) is 57.0 Å². The molecule has 2 heterocycles. The number of amides is 2. The molecule has 1 N–H and O–H groups in total. The number of nitrogens with one attached hydrogen (secondary N) is 1. The minimum absolute atomic E-state index is 0.0133. The van der Waals surface area contributed by atoms with E-state index in [-0.39, 0.29) is 34.6 Å². The minimum atomic E-state index is -0.768. The van der Waals surface area contributed by atoms with Crippen molar-refractivity contribution in [3.05, 3.63) is 41.6 Å². The number of carbonyl (C=O) groups excluding carboxylic acids is 2. The molecule has 30 heavy (non-hydrogen) atoms. The summed E-state index contributed by atoms with van der Waals surface area (Å²) in [6.45, 7) is 2.23. The molecule has 0 bridgehead atoms. The van der Waals surface area contributed by atoms with Gasteiger partial charge in [-0.1, -0.05) is 0 Å². The lowest BCUT2D eigenvalue weighted by Gasteiger charge is -2.31. The molecule has 1 fully saturated rings. The normalized spacial score (nSPS) is 14.9. The molecule has 0 atom stereocenters. The highest BCUT2D eigenvalue weighted by Gasteiger charge is 2.30. The van der Waals surface area contributed by atoms with Crippen LogP contribution >= 0.6 is 0 Å². The number of hydrogen-bond donors (Lipinski definition) is 1. The van der Waals surface area contributed by atoms with Gasteiger partial charge in [0.2, 0.25) is 5.91 Å². The summed E-state index contributed by atoms with van der Waals surface area (Å²) in [6.07, 6.45) is 2.68. The van der Waals surface area contributed by atoms with Gasteiger partial charge >= 0.3 is 0 Å². The van der Waals surface area contributed by atoms with Gasteiger partial charge in [-0.3, -0.25) is 14.3 Å². The molecule has 0 spiro atoms. The van der Waals surface area contributed by atoms with Crippen molar-refractivity contribution in [2.75, 3.05) is 40.3 Å². The van der Waals surface area contributed by atoms with Crippen molar-refractivity contribution in [3.63, 3.8) is 0 Å². The maximum absolute atomic E-state index is 14.3. The van der Waals surface area contributed by atoms with Crippen LogP contribution in [0.15, 0.2) is 24.4 Å². The van der Waals surface area contributed by atoms with Crippen LogP contribution in [0.1, 0.15) is 23.2 Å². The number of aromatic nitrogens is 2. The molecule has 1 aromatic carbocycles. The average molecular weight is 419 g/mol. The highest BCUT2D eigenvalue weighted by molar-refractivity contribution is 6.00. The van der Waals surface area contributed by atoms with Crippen LogP contribution in [0.25, 0.3) is 11.3 Å². The number of carbonyl (C=O) groups is 2. The van der Waals surface area contributed by atoms with E-state index in [9.17, 15) is 18.4 Å². The van der Waals surface area contributed by atoms with Crippen LogP contribution in [0.2, 0.25) is 0 Å². The molecular weight excluding hydrogens is 392 g/mol. The molecule has 9 heteroatoms. The summed E-state index contributed by atoms with van der Waals surface area (Å²) in [7, 11) is 5.54. The zero-order valence-electron chi connectivity index (χ0n) is 17.5. The van der Waals surface area contributed by atoms with Crippen LogP contribution in [0, 0.1) is 17.6 Å². The summed E-state index contributed by atoms with van der Waals surface area (Å²) in [5.41, 5.74) is 0.524. The summed E-state index contributed by atoms with van der Waals surface area (Å²) < 4.78 is 29.0. The highest BCUT2D eigenvalue weighted by Crippen LogP contribution is 2.28. The molecule has 0 aliphatic carbocycles. The predicted octanol–water partition coefficient (Wildman–Crippen LogP) is 1.90. The van der Waals surface area contributed by atoms with Gasteiger partial charge in [-0.2, -0.15) is 5.10 Å². The molecule has 2 amide bonds. The lowest BCUT2D eigenvalue weighted by atomic mass is 9.95. The minimum Gasteiger partial charge on any atom is -0.355 e. The molecule has 162 valence electrons. The molecule has 0 radical (unpaired) electrons. The van der Waals surface area contributed by atoms with E-state index < -0.39 is 11.6 Å². The van der Waals surface area contributed by atoms with Crippen molar-refractivity contribution in [1.82, 2.24) is 24.9 Å². The zero-order valence-corrected chi connectivity index (χ0v) is 17.5. The largest absolute Gasteiger partial charge is 0.355 e. The lowest BCUT2D eigenvalue weighted by molar-refractivity contribution is -0.126. The zero-order chi connectivity index (χ0) is 21.8. The smallest absolute Gasteiger partial charge is 0.257 e. The molecule has 1 aliphatic rings. The van der Waals surface area contributed by atoms with Crippen molar-refractivity contribution in [3.8, 4) is 11.3 Å². The Bertz CT molecular complexity index is 920. The Balaban J connectivity index is 1.67. The van der Waals surface area contributed by atoms with E-state index in [1.165, 1.54) is 10.7 Å². The summed E-state index contributed by atoms with van der Waals surface area (Å²) in [4.78, 5) is 29.0. The number of piperidine rings is 1. The lowest BCUT2D eigenvalue weighted by Crippen LogP contribution is -2.44. The Morgan fingerprint density at radius 2 is 1.93 bits per heavy atom. The van der Waals surface area contributed by atoms with Gasteiger partial charge in [-0.25, -0.2) is 8.78 Å². The summed E-state index contributed by atoms with van der Waals surface area (Å²) in [5, 5.41) is 7.15. The van der Waals surface area contributed by atoms with E-state index in [0.717, 1.165) is 18.7 Å². The molecule has 1 aliphatic heterocycles. The second-order valence-electron chi connectivity index (χ2n) is 7.85. The van der Waals surface area contributed by atoms with Crippen LogP contribution in [0.4, 0.5) is 8.78 Å². The highest BCUT2D eigenvalue weighted by atomic mass is 19.1. The van der Waals surface area contributed by atoms with Crippen molar-refractivity contribution < 1.29 is 18.4 Å². The van der Waals surface area contributed by atoms with Gasteiger partial charge in [0.15, 0.2) is 0 Å². The molecule has 3 rings (SSSR count). The molecule has 1 saturated heterocycles. The first-order chi connectivity index (χ1) is 14.3. The first-order valence-electron chi connectivity index (χ1n) is 9.97. The molecule has 1 aromatic heterocycles. The maximum atomic E-state index is 14.3.